The first-order valence-corrected chi connectivity index (χ1v) is 13.0. The molecule has 0 fully saturated rings. The number of nitrogens with zero attached hydrogens (tertiary/aromatic N) is 1. The van der Waals surface area contributed by atoms with Crippen LogP contribution < -0.4 is 10.6 Å². The Kier molecular flexibility index (Phi) is 19.1. The van der Waals surface area contributed by atoms with Gasteiger partial charge in [-0.1, -0.05) is 79.8 Å². The van der Waals surface area contributed by atoms with Crippen LogP contribution in [0.5, 0.6) is 0 Å². The Morgan fingerprint density at radius 1 is 0.730 bits per heavy atom. The third-order valence-corrected chi connectivity index (χ3v) is 4.99. The van der Waals surface area contributed by atoms with E-state index in [1.807, 2.05) is 12.2 Å². The molecular weight excluding hydrogens is 462 g/mol. The molecular formula is C31H41N3O3. The number of rotatable bonds is 19. The number of carbonyl (C=O) groups is 3. The fourth-order valence-corrected chi connectivity index (χ4v) is 2.98. The fourth-order valence-electron chi connectivity index (χ4n) is 2.98. The number of nitrogens with one attached hydrogen (secondary N) is 2. The highest BCUT2D eigenvalue weighted by molar-refractivity contribution is 5.97. The third kappa shape index (κ3) is 19.1. The normalized spacial score (nSPS) is 12.1. The van der Waals surface area contributed by atoms with Crippen molar-refractivity contribution >= 4 is 17.6 Å². The molecule has 0 aromatic carbocycles. The lowest BCUT2D eigenvalue weighted by molar-refractivity contribution is -0.124. The van der Waals surface area contributed by atoms with Gasteiger partial charge in [0.15, 0.2) is 5.78 Å². The Bertz CT molecular complexity index is 957. The van der Waals surface area contributed by atoms with E-state index < -0.39 is 0 Å². The minimum atomic E-state index is -0.370. The maximum atomic E-state index is 11.9. The molecule has 1 heterocycles. The highest BCUT2D eigenvalue weighted by Gasteiger charge is 2.09. The van der Waals surface area contributed by atoms with E-state index >= 15 is 0 Å². The summed E-state index contributed by atoms with van der Waals surface area (Å²) in [4.78, 5) is 39.5. The zero-order chi connectivity index (χ0) is 26.8. The smallest absolute Gasteiger partial charge is 0.253 e. The van der Waals surface area contributed by atoms with E-state index in [4.69, 9.17) is 0 Å². The third-order valence-electron chi connectivity index (χ3n) is 4.99. The molecule has 0 saturated heterocycles. The lowest BCUT2D eigenvalue weighted by atomic mass is 10.2. The predicted molar refractivity (Wildman–Crippen MR) is 152 cm³/mol. The molecule has 1 aromatic rings. The Hall–Kier alpha value is -3.80. The molecule has 0 bridgehead atoms. The van der Waals surface area contributed by atoms with Crippen LogP contribution >= 0.6 is 0 Å². The lowest BCUT2D eigenvalue weighted by Gasteiger charge is -2.06. The van der Waals surface area contributed by atoms with Crippen LogP contribution in [0.3, 0.4) is 0 Å². The number of hydrogen-bond donors (Lipinski definition) is 2. The van der Waals surface area contributed by atoms with Gasteiger partial charge in [-0.15, -0.1) is 0 Å². The molecule has 1 rings (SSSR count). The van der Waals surface area contributed by atoms with Crippen LogP contribution in [-0.2, 0) is 9.59 Å². The average molecular weight is 504 g/mol. The second kappa shape index (κ2) is 22.7. The van der Waals surface area contributed by atoms with Crippen LogP contribution in [0.15, 0.2) is 97.4 Å². The number of allylic oxidation sites excluding steroid dienone is 12. The molecule has 0 aliphatic carbocycles. The van der Waals surface area contributed by atoms with Crippen LogP contribution in [-0.4, -0.2) is 35.7 Å². The number of hydrogen-bond acceptors (Lipinski definition) is 4. The molecule has 6 nitrogen and oxygen atoms in total. The SMILES string of the molecule is CC/C=C\C/C=C\C/C=C\C/C=C\C/C=C\C/C=C\CCC(=O)NCC(=O)CNC(=O)c1cccnc1. The van der Waals surface area contributed by atoms with Crippen LogP contribution in [0.2, 0.25) is 0 Å². The number of Topliss-reactive ketones (excluding diaryl/α,β-unsaturated/α-hetero) is 1. The molecule has 2 N–H and O–H groups in total. The zero-order valence-electron chi connectivity index (χ0n) is 22.0. The van der Waals surface area contributed by atoms with Gasteiger partial charge >= 0.3 is 0 Å². The van der Waals surface area contributed by atoms with E-state index in [1.54, 1.807) is 18.3 Å². The molecule has 0 aliphatic rings. The Morgan fingerprint density at radius 2 is 1.24 bits per heavy atom. The molecule has 0 unspecified atom stereocenters. The second-order valence-corrected chi connectivity index (χ2v) is 8.19. The van der Waals surface area contributed by atoms with Crippen LogP contribution in [0.1, 0.15) is 68.6 Å². The highest BCUT2D eigenvalue weighted by Crippen LogP contribution is 1.98. The van der Waals surface area contributed by atoms with E-state index in [0.29, 0.717) is 18.4 Å². The van der Waals surface area contributed by atoms with Crippen molar-refractivity contribution < 1.29 is 14.4 Å². The van der Waals surface area contributed by atoms with Crippen molar-refractivity contribution in [2.24, 2.45) is 0 Å². The molecule has 0 spiro atoms. The van der Waals surface area contributed by atoms with E-state index in [9.17, 15) is 14.4 Å². The number of amides is 2. The summed E-state index contributed by atoms with van der Waals surface area (Å²) in [5, 5.41) is 5.11. The van der Waals surface area contributed by atoms with Gasteiger partial charge in [0.2, 0.25) is 5.91 Å². The molecule has 2 amide bonds. The van der Waals surface area contributed by atoms with Gasteiger partial charge in [-0.05, 0) is 57.1 Å². The first kappa shape index (κ1) is 31.2. The summed E-state index contributed by atoms with van der Waals surface area (Å²) in [7, 11) is 0. The van der Waals surface area contributed by atoms with E-state index in [0.717, 1.165) is 38.5 Å². The van der Waals surface area contributed by atoms with E-state index in [1.165, 1.54) is 6.20 Å². The summed E-state index contributed by atoms with van der Waals surface area (Å²) in [6.45, 7) is 1.90. The average Bonchev–Trinajstić information content (AvgIpc) is 2.92. The number of aromatic nitrogens is 1. The van der Waals surface area contributed by atoms with Crippen LogP contribution in [0, 0.1) is 0 Å². The number of carbonyl (C=O) groups excluding carboxylic acids is 3. The molecule has 0 aliphatic heterocycles. The van der Waals surface area contributed by atoms with Gasteiger partial charge in [0.1, 0.15) is 0 Å². The molecule has 0 saturated carbocycles. The molecule has 0 atom stereocenters. The van der Waals surface area contributed by atoms with Gasteiger partial charge < -0.3 is 10.6 Å². The fraction of sp³-hybridized carbons (Fsp3) is 0.355. The summed E-state index contributed by atoms with van der Waals surface area (Å²) >= 11 is 0. The largest absolute Gasteiger partial charge is 0.349 e. The molecule has 198 valence electrons. The van der Waals surface area contributed by atoms with Gasteiger partial charge in [0, 0.05) is 18.8 Å². The standard InChI is InChI=1S/C31H41N3O3/c1-2-3-4-5-6-7-8-9-10-11-12-13-14-15-16-17-18-19-20-23-30(36)33-26-29(35)27-34-31(37)28-22-21-24-32-25-28/h3-4,6-7,9-10,12-13,15-16,18-19,21-22,24-25H,2,5,8,11,14,17,20,23,26-27H2,1H3,(H,33,36)(H,34,37)/b4-3-,7-6-,10-9-,13-12-,16-15-,19-18-. The molecule has 37 heavy (non-hydrogen) atoms. The monoisotopic (exact) mass is 503 g/mol. The summed E-state index contributed by atoms with van der Waals surface area (Å²) < 4.78 is 0. The van der Waals surface area contributed by atoms with Crippen molar-refractivity contribution in [3.63, 3.8) is 0 Å². The first-order chi connectivity index (χ1) is 18.1. The van der Waals surface area contributed by atoms with Gasteiger partial charge in [-0.3, -0.25) is 19.4 Å². The summed E-state index contributed by atoms with van der Waals surface area (Å²) in [5.74, 6) is -0.823. The van der Waals surface area contributed by atoms with Crippen LogP contribution in [0.4, 0.5) is 0 Å². The first-order valence-electron chi connectivity index (χ1n) is 13.0. The summed E-state index contributed by atoms with van der Waals surface area (Å²) in [6.07, 6.45) is 35.4. The summed E-state index contributed by atoms with van der Waals surface area (Å²) in [6, 6.07) is 3.26. The van der Waals surface area contributed by atoms with Crippen LogP contribution in [0.25, 0.3) is 0 Å². The van der Waals surface area contributed by atoms with Crippen molar-refractivity contribution in [3.05, 3.63) is 103 Å². The topological polar surface area (TPSA) is 88.2 Å². The van der Waals surface area contributed by atoms with Crippen molar-refractivity contribution in [2.45, 2.75) is 58.3 Å². The van der Waals surface area contributed by atoms with Crippen molar-refractivity contribution in [1.82, 2.24) is 15.6 Å². The zero-order valence-corrected chi connectivity index (χ0v) is 22.0. The quantitative estimate of drug-likeness (QED) is 0.228. The number of ketones is 1. The molecule has 0 radical (unpaired) electrons. The Morgan fingerprint density at radius 3 is 1.76 bits per heavy atom. The molecule has 6 heteroatoms. The van der Waals surface area contributed by atoms with Crippen molar-refractivity contribution in [1.29, 1.82) is 0 Å². The summed E-state index contributed by atoms with van der Waals surface area (Å²) in [5.41, 5.74) is 0.385. The van der Waals surface area contributed by atoms with Gasteiger partial charge in [-0.25, -0.2) is 0 Å². The van der Waals surface area contributed by atoms with Gasteiger partial charge in [0.25, 0.3) is 5.91 Å². The van der Waals surface area contributed by atoms with Crippen molar-refractivity contribution in [2.75, 3.05) is 13.1 Å². The van der Waals surface area contributed by atoms with Gasteiger partial charge in [0.05, 0.1) is 18.7 Å². The van der Waals surface area contributed by atoms with Gasteiger partial charge in [-0.2, -0.15) is 0 Å². The second-order valence-electron chi connectivity index (χ2n) is 8.19. The van der Waals surface area contributed by atoms with E-state index in [2.05, 4.69) is 83.3 Å². The number of pyridine rings is 1. The maximum Gasteiger partial charge on any atom is 0.253 e. The molecule has 1 aromatic heterocycles. The maximum absolute atomic E-state index is 11.9. The predicted octanol–water partition coefficient (Wildman–Crippen LogP) is 5.97. The highest BCUT2D eigenvalue weighted by atomic mass is 16.2. The lowest BCUT2D eigenvalue weighted by Crippen LogP contribution is -2.36. The van der Waals surface area contributed by atoms with Crippen molar-refractivity contribution in [3.8, 4) is 0 Å². The minimum absolute atomic E-state index is 0.101. The van der Waals surface area contributed by atoms with E-state index in [-0.39, 0.29) is 30.7 Å². The Labute approximate surface area is 222 Å². The Balaban J connectivity index is 2.01. The minimum Gasteiger partial charge on any atom is -0.349 e.